The molecule has 1 aromatic heterocycles. The Morgan fingerprint density at radius 2 is 1.70 bits per heavy atom. The summed E-state index contributed by atoms with van der Waals surface area (Å²) in [6.07, 6.45) is 0.753. The molecule has 1 amide bonds. The highest BCUT2D eigenvalue weighted by Gasteiger charge is 2.39. The van der Waals surface area contributed by atoms with Gasteiger partial charge in [0.25, 0.3) is 15.9 Å². The third-order valence-electron chi connectivity index (χ3n) is 8.97. The van der Waals surface area contributed by atoms with Crippen LogP contribution in [0.3, 0.4) is 0 Å². The van der Waals surface area contributed by atoms with Crippen LogP contribution < -0.4 is 9.46 Å². The summed E-state index contributed by atoms with van der Waals surface area (Å²) in [7, 11) is -4.13. The van der Waals surface area contributed by atoms with Crippen molar-refractivity contribution in [3.05, 3.63) is 100 Å². The number of carbonyl (C=O) groups is 1. The maximum atomic E-state index is 14.4. The summed E-state index contributed by atoms with van der Waals surface area (Å²) in [6, 6.07) is 20.2. The van der Waals surface area contributed by atoms with E-state index in [0.29, 0.717) is 30.6 Å². The van der Waals surface area contributed by atoms with Gasteiger partial charge in [-0.25, -0.2) is 18.1 Å². The second kappa shape index (κ2) is 11.8. The summed E-state index contributed by atoms with van der Waals surface area (Å²) in [4.78, 5) is 25.5. The number of sulfonamides is 1. The molecular formula is C37H42N4O4S. The quantitative estimate of drug-likeness (QED) is 0.251. The summed E-state index contributed by atoms with van der Waals surface area (Å²) in [5.74, 6) is 0.154. The SMILES string of the molecule is Cc1cccc(C)c1-c1cc2nc(n1)NS(=O)(=O)c1cccc(c1)C(=O)N1CCc3cc(C(C)(C)C)ccc3[C@@H](O2)[C@H]1CC(C)C. The predicted octanol–water partition coefficient (Wildman–Crippen LogP) is 7.41. The predicted molar refractivity (Wildman–Crippen MR) is 181 cm³/mol. The smallest absolute Gasteiger partial charge is 0.264 e. The standard InChI is InChI=1S/C37H42N4O4S/c1-22(2)18-31-34-29-15-14-27(37(5,6)7)19-25(29)16-17-41(31)35(42)26-12-9-13-28(20-26)46(43,44)40-36-38-30(21-32(39-36)45-34)33-23(3)10-8-11-24(33)4/h8-15,19-22,31,34H,16-18H2,1-7H3,(H,38,39,40)/t31-,34-/m1/s1. The van der Waals surface area contributed by atoms with E-state index in [1.807, 2.05) is 36.9 Å². The fourth-order valence-corrected chi connectivity index (χ4v) is 7.61. The molecule has 6 bridgehead atoms. The van der Waals surface area contributed by atoms with E-state index in [1.165, 1.54) is 17.7 Å². The first-order valence-electron chi connectivity index (χ1n) is 15.9. The minimum absolute atomic E-state index is 0.0361. The molecule has 0 radical (unpaired) electrons. The maximum absolute atomic E-state index is 14.4. The second-order valence-corrected chi connectivity index (χ2v) is 15.6. The molecule has 0 unspecified atom stereocenters. The van der Waals surface area contributed by atoms with Crippen LogP contribution in [0.1, 0.15) is 85.3 Å². The van der Waals surface area contributed by atoms with Gasteiger partial charge in [0, 0.05) is 23.7 Å². The van der Waals surface area contributed by atoms with Gasteiger partial charge in [-0.05, 0) is 84.0 Å². The molecule has 9 heteroatoms. The van der Waals surface area contributed by atoms with E-state index in [4.69, 9.17) is 4.74 Å². The van der Waals surface area contributed by atoms with Crippen molar-refractivity contribution in [2.45, 2.75) is 83.8 Å². The molecule has 1 N–H and O–H groups in total. The highest BCUT2D eigenvalue weighted by atomic mass is 32.2. The van der Waals surface area contributed by atoms with Gasteiger partial charge in [0.2, 0.25) is 11.8 Å². The van der Waals surface area contributed by atoms with Crippen LogP contribution in [0.4, 0.5) is 5.95 Å². The van der Waals surface area contributed by atoms with Crippen LogP contribution in [0.15, 0.2) is 71.6 Å². The molecule has 2 atom stereocenters. The summed E-state index contributed by atoms with van der Waals surface area (Å²) in [6.45, 7) is 15.3. The number of anilines is 1. The maximum Gasteiger partial charge on any atom is 0.264 e. The average molecular weight is 639 g/mol. The molecule has 0 saturated carbocycles. The van der Waals surface area contributed by atoms with E-state index < -0.39 is 16.1 Å². The number of aryl methyl sites for hydroxylation is 2. The molecule has 0 fully saturated rings. The van der Waals surface area contributed by atoms with Crippen molar-refractivity contribution < 1.29 is 17.9 Å². The molecule has 4 aromatic rings. The Morgan fingerprint density at radius 3 is 2.39 bits per heavy atom. The lowest BCUT2D eigenvalue weighted by molar-refractivity contribution is 0.0390. The van der Waals surface area contributed by atoms with Crippen molar-refractivity contribution in [2.75, 3.05) is 11.3 Å². The van der Waals surface area contributed by atoms with Crippen LogP contribution in [0, 0.1) is 19.8 Å². The minimum atomic E-state index is -4.13. The number of hydrogen-bond acceptors (Lipinski definition) is 6. The van der Waals surface area contributed by atoms with Gasteiger partial charge >= 0.3 is 0 Å². The van der Waals surface area contributed by atoms with Crippen molar-refractivity contribution in [2.24, 2.45) is 5.92 Å². The van der Waals surface area contributed by atoms with Crippen molar-refractivity contribution in [3.8, 4) is 17.1 Å². The van der Waals surface area contributed by atoms with Crippen molar-refractivity contribution in [1.29, 1.82) is 0 Å². The van der Waals surface area contributed by atoms with E-state index in [0.717, 1.165) is 27.8 Å². The third kappa shape index (κ3) is 6.12. The summed E-state index contributed by atoms with van der Waals surface area (Å²) in [5, 5.41) is 0. The summed E-state index contributed by atoms with van der Waals surface area (Å²) < 4.78 is 36.8. The zero-order valence-electron chi connectivity index (χ0n) is 27.6. The van der Waals surface area contributed by atoms with E-state index >= 15 is 0 Å². The van der Waals surface area contributed by atoms with Crippen LogP contribution in [0.5, 0.6) is 5.88 Å². The molecule has 2 aliphatic rings. The highest BCUT2D eigenvalue weighted by molar-refractivity contribution is 7.92. The third-order valence-corrected chi connectivity index (χ3v) is 10.3. The molecule has 0 saturated heterocycles. The van der Waals surface area contributed by atoms with E-state index in [9.17, 15) is 13.2 Å². The van der Waals surface area contributed by atoms with Gasteiger partial charge < -0.3 is 9.64 Å². The van der Waals surface area contributed by atoms with Gasteiger partial charge in [-0.2, -0.15) is 4.98 Å². The average Bonchev–Trinajstić information content (AvgIpc) is 3.12. The Balaban J connectivity index is 1.63. The highest BCUT2D eigenvalue weighted by Crippen LogP contribution is 2.39. The molecule has 2 aliphatic heterocycles. The lowest BCUT2D eigenvalue weighted by Gasteiger charge is -2.36. The van der Waals surface area contributed by atoms with Crippen molar-refractivity contribution in [1.82, 2.24) is 14.9 Å². The van der Waals surface area contributed by atoms with Crippen molar-refractivity contribution >= 4 is 21.9 Å². The van der Waals surface area contributed by atoms with Gasteiger partial charge in [0.1, 0.15) is 6.10 Å². The Kier molecular flexibility index (Phi) is 8.17. The number of amides is 1. The summed E-state index contributed by atoms with van der Waals surface area (Å²) >= 11 is 0. The number of hydrogen-bond donors (Lipinski definition) is 1. The summed E-state index contributed by atoms with van der Waals surface area (Å²) in [5.41, 5.74) is 7.02. The fourth-order valence-electron chi connectivity index (χ4n) is 6.62. The lowest BCUT2D eigenvalue weighted by Crippen LogP contribution is -2.45. The van der Waals surface area contributed by atoms with Crippen LogP contribution >= 0.6 is 0 Å². The topological polar surface area (TPSA) is 101 Å². The lowest BCUT2D eigenvalue weighted by atomic mass is 9.83. The molecule has 8 nitrogen and oxygen atoms in total. The first kappa shape index (κ1) is 31.7. The Labute approximate surface area is 272 Å². The zero-order chi connectivity index (χ0) is 33.0. The van der Waals surface area contributed by atoms with Gasteiger partial charge in [-0.15, -0.1) is 0 Å². The van der Waals surface area contributed by atoms with E-state index in [1.54, 1.807) is 18.2 Å². The number of aromatic nitrogens is 2. The number of carbonyl (C=O) groups excluding carboxylic acids is 1. The van der Waals surface area contributed by atoms with Crippen LogP contribution in [-0.4, -0.2) is 41.8 Å². The van der Waals surface area contributed by atoms with Gasteiger partial charge in [-0.1, -0.05) is 77.1 Å². The van der Waals surface area contributed by atoms with E-state index in [2.05, 4.69) is 67.5 Å². The number of benzene rings is 3. The van der Waals surface area contributed by atoms with Gasteiger partial charge in [-0.3, -0.25) is 4.79 Å². The molecule has 3 heterocycles. The first-order chi connectivity index (χ1) is 21.7. The Morgan fingerprint density at radius 1 is 0.978 bits per heavy atom. The van der Waals surface area contributed by atoms with Crippen LogP contribution in [0.2, 0.25) is 0 Å². The number of fused-ring (bicyclic) bond motifs is 8. The van der Waals surface area contributed by atoms with Crippen LogP contribution in [0.25, 0.3) is 11.3 Å². The number of ether oxygens (including phenoxy) is 1. The molecule has 6 rings (SSSR count). The first-order valence-corrected chi connectivity index (χ1v) is 17.4. The Bertz CT molecular complexity index is 1910. The zero-order valence-corrected chi connectivity index (χ0v) is 28.4. The van der Waals surface area contributed by atoms with E-state index in [-0.39, 0.29) is 40.0 Å². The normalized spacial score (nSPS) is 19.1. The molecule has 0 spiro atoms. The molecule has 3 aromatic carbocycles. The molecule has 0 aliphatic carbocycles. The van der Waals surface area contributed by atoms with Crippen LogP contribution in [-0.2, 0) is 21.9 Å². The van der Waals surface area contributed by atoms with Gasteiger partial charge in [0.15, 0.2) is 0 Å². The largest absolute Gasteiger partial charge is 0.467 e. The monoisotopic (exact) mass is 638 g/mol. The van der Waals surface area contributed by atoms with Gasteiger partial charge in [0.05, 0.1) is 16.6 Å². The Hall–Kier alpha value is -4.24. The minimum Gasteiger partial charge on any atom is -0.467 e. The van der Waals surface area contributed by atoms with Crippen molar-refractivity contribution in [3.63, 3.8) is 0 Å². The molecular weight excluding hydrogens is 596 g/mol. The second-order valence-electron chi connectivity index (χ2n) is 14.0. The fraction of sp³-hybridized carbons (Fsp3) is 0.378. The number of rotatable bonds is 3. The number of nitrogens with one attached hydrogen (secondary N) is 1. The molecule has 240 valence electrons. The number of nitrogens with zero attached hydrogens (tertiary/aromatic N) is 3. The molecule has 46 heavy (non-hydrogen) atoms.